The van der Waals surface area contributed by atoms with Crippen molar-refractivity contribution in [3.63, 3.8) is 0 Å². The molecule has 0 spiro atoms. The molecular formula is C9H12N6OS. The monoisotopic (exact) mass is 252 g/mol. The third-order valence-electron chi connectivity index (χ3n) is 2.13. The van der Waals surface area contributed by atoms with Crippen molar-refractivity contribution in [3.05, 3.63) is 24.0 Å². The van der Waals surface area contributed by atoms with Crippen molar-refractivity contribution in [1.29, 1.82) is 0 Å². The van der Waals surface area contributed by atoms with E-state index in [4.69, 9.17) is 10.9 Å². The van der Waals surface area contributed by atoms with Crippen LogP contribution in [0.4, 0.5) is 0 Å². The van der Waals surface area contributed by atoms with Crippen LogP contribution in [0.3, 0.4) is 0 Å². The van der Waals surface area contributed by atoms with Crippen LogP contribution in [0.15, 0.2) is 17.5 Å². The minimum absolute atomic E-state index is 0.0590. The molecule has 7 nitrogen and oxygen atoms in total. The second kappa shape index (κ2) is 4.50. The summed E-state index contributed by atoms with van der Waals surface area (Å²) in [6, 6.07) is 0. The third-order valence-corrected chi connectivity index (χ3v) is 2.86. The van der Waals surface area contributed by atoms with Gasteiger partial charge in [-0.05, 0) is 0 Å². The summed E-state index contributed by atoms with van der Waals surface area (Å²) in [5.74, 6) is 1.32. The van der Waals surface area contributed by atoms with Crippen LogP contribution in [0.5, 0.6) is 0 Å². The summed E-state index contributed by atoms with van der Waals surface area (Å²) in [6.45, 7) is 4.04. The molecule has 0 fully saturated rings. The molecule has 2 aromatic heterocycles. The highest BCUT2D eigenvalue weighted by molar-refractivity contribution is 7.08. The maximum Gasteiger partial charge on any atom is 0.215 e. The largest absolute Gasteiger partial charge is 0.409 e. The summed E-state index contributed by atoms with van der Waals surface area (Å²) in [4.78, 5) is 8.37. The average molecular weight is 252 g/mol. The molecule has 0 aliphatic heterocycles. The molecule has 0 bridgehead atoms. The smallest absolute Gasteiger partial charge is 0.215 e. The van der Waals surface area contributed by atoms with Crippen LogP contribution in [0.25, 0.3) is 5.13 Å². The first-order chi connectivity index (χ1) is 8.13. The summed E-state index contributed by atoms with van der Waals surface area (Å²) in [7, 11) is 0. The van der Waals surface area contributed by atoms with Crippen molar-refractivity contribution in [3.8, 4) is 5.13 Å². The number of hydrogen-bond acceptors (Lipinski definition) is 6. The van der Waals surface area contributed by atoms with Crippen LogP contribution < -0.4 is 5.73 Å². The Hall–Kier alpha value is -1.96. The van der Waals surface area contributed by atoms with E-state index in [9.17, 15) is 0 Å². The van der Waals surface area contributed by atoms with E-state index in [2.05, 4.69) is 19.5 Å². The van der Waals surface area contributed by atoms with Gasteiger partial charge in [-0.1, -0.05) is 19.0 Å². The molecular weight excluding hydrogens is 240 g/mol. The molecule has 0 amide bonds. The van der Waals surface area contributed by atoms with E-state index in [-0.39, 0.29) is 11.8 Å². The molecule has 2 heterocycles. The lowest BCUT2D eigenvalue weighted by Gasteiger charge is -2.01. The van der Waals surface area contributed by atoms with Gasteiger partial charge in [0.1, 0.15) is 5.82 Å². The van der Waals surface area contributed by atoms with Gasteiger partial charge in [0.05, 0.1) is 0 Å². The zero-order valence-electron chi connectivity index (χ0n) is 9.40. The van der Waals surface area contributed by atoms with Crippen LogP contribution in [-0.4, -0.2) is 30.0 Å². The highest BCUT2D eigenvalue weighted by Gasteiger charge is 2.14. The summed E-state index contributed by atoms with van der Waals surface area (Å²) in [5, 5.41) is 12.2. The molecule has 0 aliphatic rings. The number of aromatic nitrogens is 4. The van der Waals surface area contributed by atoms with Gasteiger partial charge in [0.15, 0.2) is 5.82 Å². The Labute approximate surface area is 102 Å². The van der Waals surface area contributed by atoms with Crippen molar-refractivity contribution < 1.29 is 5.21 Å². The fraction of sp³-hybridized carbons (Fsp3) is 0.333. The topological polar surface area (TPSA) is 102 Å². The summed E-state index contributed by atoms with van der Waals surface area (Å²) >= 11 is 1.25. The predicted molar refractivity (Wildman–Crippen MR) is 63.6 cm³/mol. The lowest BCUT2D eigenvalue weighted by molar-refractivity contribution is 0.318. The third kappa shape index (κ3) is 2.11. The normalized spacial score (nSPS) is 12.3. The molecule has 0 unspecified atom stereocenters. The first-order valence-electron chi connectivity index (χ1n) is 4.98. The van der Waals surface area contributed by atoms with Crippen LogP contribution in [-0.2, 0) is 0 Å². The van der Waals surface area contributed by atoms with E-state index in [0.29, 0.717) is 11.0 Å². The van der Waals surface area contributed by atoms with E-state index in [1.54, 1.807) is 17.0 Å². The Morgan fingerprint density at radius 2 is 2.35 bits per heavy atom. The van der Waals surface area contributed by atoms with Crippen LogP contribution in [0.1, 0.15) is 31.4 Å². The van der Waals surface area contributed by atoms with Gasteiger partial charge in [0.25, 0.3) is 0 Å². The van der Waals surface area contributed by atoms with Crippen molar-refractivity contribution in [2.75, 3.05) is 0 Å². The number of oxime groups is 1. The number of amidine groups is 1. The van der Waals surface area contributed by atoms with E-state index in [1.807, 2.05) is 13.8 Å². The Bertz CT molecular complexity index is 543. The highest BCUT2D eigenvalue weighted by Crippen LogP contribution is 2.17. The summed E-state index contributed by atoms with van der Waals surface area (Å²) < 4.78 is 5.87. The van der Waals surface area contributed by atoms with E-state index >= 15 is 0 Å². The Kier molecular flexibility index (Phi) is 3.05. The van der Waals surface area contributed by atoms with Gasteiger partial charge in [-0.2, -0.15) is 4.37 Å². The molecule has 2 rings (SSSR count). The molecule has 2 aromatic rings. The molecule has 0 radical (unpaired) electrons. The van der Waals surface area contributed by atoms with Crippen LogP contribution >= 0.6 is 11.5 Å². The van der Waals surface area contributed by atoms with Crippen LogP contribution in [0.2, 0.25) is 0 Å². The van der Waals surface area contributed by atoms with Crippen LogP contribution in [0, 0.1) is 0 Å². The fourth-order valence-electron chi connectivity index (χ4n) is 1.25. The fourth-order valence-corrected chi connectivity index (χ4v) is 2.05. The van der Waals surface area contributed by atoms with E-state index in [1.165, 1.54) is 11.5 Å². The predicted octanol–water partition coefficient (Wildman–Crippen LogP) is 0.942. The van der Waals surface area contributed by atoms with Gasteiger partial charge in [0.2, 0.25) is 11.0 Å². The van der Waals surface area contributed by atoms with Crippen molar-refractivity contribution in [2.24, 2.45) is 10.9 Å². The summed E-state index contributed by atoms with van der Waals surface area (Å²) in [5.41, 5.74) is 5.52. The number of nitrogens with zero attached hydrogens (tertiary/aromatic N) is 5. The quantitative estimate of drug-likeness (QED) is 0.366. The lowest BCUT2D eigenvalue weighted by Crippen LogP contribution is -2.18. The van der Waals surface area contributed by atoms with Gasteiger partial charge in [-0.3, -0.25) is 4.57 Å². The van der Waals surface area contributed by atoms with Gasteiger partial charge in [0, 0.05) is 29.8 Å². The Morgan fingerprint density at radius 3 is 2.94 bits per heavy atom. The Balaban J connectivity index is 2.43. The molecule has 0 aliphatic carbocycles. The highest BCUT2D eigenvalue weighted by atomic mass is 32.1. The van der Waals surface area contributed by atoms with E-state index < -0.39 is 0 Å². The maximum absolute atomic E-state index is 8.65. The first kappa shape index (κ1) is 11.5. The number of nitrogens with two attached hydrogens (primary N) is 1. The van der Waals surface area contributed by atoms with Crippen molar-refractivity contribution in [2.45, 2.75) is 19.8 Å². The zero-order valence-corrected chi connectivity index (χ0v) is 10.2. The number of hydrogen-bond donors (Lipinski definition) is 2. The zero-order chi connectivity index (χ0) is 12.4. The standard InChI is InChI=1S/C9H12N6OS/c1-5(2)7-12-9(17-14-7)15-4-3-11-8(15)6(10)13-16/h3-5,16H,1-2H3,(H2,10,13). The van der Waals surface area contributed by atoms with Gasteiger partial charge >= 0.3 is 0 Å². The molecule has 0 saturated carbocycles. The SMILES string of the molecule is CC(C)c1nsc(-n2ccnc2C(N)=NO)n1. The molecule has 8 heteroatoms. The molecule has 0 saturated heterocycles. The molecule has 3 N–H and O–H groups in total. The van der Waals surface area contributed by atoms with Gasteiger partial charge in [-0.25, -0.2) is 9.97 Å². The molecule has 0 atom stereocenters. The Morgan fingerprint density at radius 1 is 1.59 bits per heavy atom. The molecule has 0 aromatic carbocycles. The first-order valence-corrected chi connectivity index (χ1v) is 5.76. The van der Waals surface area contributed by atoms with Gasteiger partial charge in [-0.15, -0.1) is 0 Å². The van der Waals surface area contributed by atoms with E-state index in [0.717, 1.165) is 5.82 Å². The van der Waals surface area contributed by atoms with Gasteiger partial charge < -0.3 is 10.9 Å². The minimum Gasteiger partial charge on any atom is -0.409 e. The average Bonchev–Trinajstić information content (AvgIpc) is 2.95. The number of imidazole rings is 1. The van der Waals surface area contributed by atoms with Crippen molar-refractivity contribution >= 4 is 17.4 Å². The minimum atomic E-state index is -0.0590. The molecule has 90 valence electrons. The second-order valence-corrected chi connectivity index (χ2v) is 4.43. The van der Waals surface area contributed by atoms with Crippen molar-refractivity contribution in [1.82, 2.24) is 18.9 Å². The second-order valence-electron chi connectivity index (χ2n) is 3.70. The summed E-state index contributed by atoms with van der Waals surface area (Å²) in [6.07, 6.45) is 3.25. The number of rotatable bonds is 3. The maximum atomic E-state index is 8.65. The lowest BCUT2D eigenvalue weighted by atomic mass is 10.2. The molecule has 17 heavy (non-hydrogen) atoms.